The van der Waals surface area contributed by atoms with Crippen LogP contribution in [0.2, 0.25) is 0 Å². The second kappa shape index (κ2) is 3.67. The van der Waals surface area contributed by atoms with E-state index in [1.54, 1.807) is 0 Å². The molecule has 14 heavy (non-hydrogen) atoms. The highest BCUT2D eigenvalue weighted by Crippen LogP contribution is 2.38. The molecule has 5 nitrogen and oxygen atoms in total. The van der Waals surface area contributed by atoms with Crippen LogP contribution in [0.25, 0.3) is 0 Å². The third kappa shape index (κ3) is 1.78. The van der Waals surface area contributed by atoms with Crippen LogP contribution in [-0.4, -0.2) is 21.3 Å². The third-order valence-corrected chi connectivity index (χ3v) is 2.53. The number of aromatic nitrogens is 2. The first-order valence-electron chi connectivity index (χ1n) is 4.99. The van der Waals surface area contributed by atoms with Crippen LogP contribution in [0.3, 0.4) is 0 Å². The van der Waals surface area contributed by atoms with Crippen molar-refractivity contribution >= 4 is 0 Å². The van der Waals surface area contributed by atoms with E-state index in [2.05, 4.69) is 10.1 Å². The summed E-state index contributed by atoms with van der Waals surface area (Å²) in [7, 11) is 0. The van der Waals surface area contributed by atoms with Crippen molar-refractivity contribution in [3.05, 3.63) is 11.7 Å². The van der Waals surface area contributed by atoms with Crippen LogP contribution in [0, 0.1) is 0 Å². The molecule has 1 heterocycles. The van der Waals surface area contributed by atoms with Gasteiger partial charge >= 0.3 is 0 Å². The van der Waals surface area contributed by atoms with Crippen LogP contribution in [0.5, 0.6) is 0 Å². The number of hydrogen-bond donors (Lipinski definition) is 2. The first kappa shape index (κ1) is 9.61. The molecule has 1 aliphatic carbocycles. The van der Waals surface area contributed by atoms with Crippen molar-refractivity contribution in [1.29, 1.82) is 0 Å². The lowest BCUT2D eigenvalue weighted by Gasteiger charge is -2.11. The lowest BCUT2D eigenvalue weighted by molar-refractivity contribution is 0.105. The molecule has 1 saturated carbocycles. The van der Waals surface area contributed by atoms with Crippen molar-refractivity contribution < 1.29 is 9.63 Å². The standard InChI is InChI=1S/C9H15N3O2/c1-2-6(10)7(13)9-11-8(12-14-9)5-3-4-5/h5-7,13H,2-4,10H2,1H3/t6?,7-/m0/s1. The van der Waals surface area contributed by atoms with Crippen molar-refractivity contribution in [3.63, 3.8) is 0 Å². The minimum Gasteiger partial charge on any atom is -0.382 e. The zero-order valence-corrected chi connectivity index (χ0v) is 8.18. The molecule has 1 aromatic heterocycles. The first-order valence-corrected chi connectivity index (χ1v) is 4.99. The van der Waals surface area contributed by atoms with Gasteiger partial charge in [-0.05, 0) is 19.3 Å². The molecule has 0 spiro atoms. The van der Waals surface area contributed by atoms with Gasteiger partial charge in [0.15, 0.2) is 5.82 Å². The number of rotatable bonds is 4. The highest BCUT2D eigenvalue weighted by atomic mass is 16.5. The molecule has 0 radical (unpaired) electrons. The van der Waals surface area contributed by atoms with E-state index < -0.39 is 6.10 Å². The molecule has 3 N–H and O–H groups in total. The topological polar surface area (TPSA) is 85.2 Å². The van der Waals surface area contributed by atoms with Crippen LogP contribution in [0.15, 0.2) is 4.52 Å². The molecule has 0 aliphatic heterocycles. The summed E-state index contributed by atoms with van der Waals surface area (Å²) in [5, 5.41) is 13.5. The highest BCUT2D eigenvalue weighted by molar-refractivity contribution is 5.04. The Morgan fingerprint density at radius 1 is 1.64 bits per heavy atom. The molecule has 1 aliphatic rings. The monoisotopic (exact) mass is 197 g/mol. The van der Waals surface area contributed by atoms with E-state index in [1.165, 1.54) is 0 Å². The maximum atomic E-state index is 9.68. The van der Waals surface area contributed by atoms with Gasteiger partial charge in [0.2, 0.25) is 0 Å². The van der Waals surface area contributed by atoms with Gasteiger partial charge in [0.05, 0.1) is 0 Å². The second-order valence-electron chi connectivity index (χ2n) is 3.78. The third-order valence-electron chi connectivity index (χ3n) is 2.53. The Morgan fingerprint density at radius 3 is 2.93 bits per heavy atom. The van der Waals surface area contributed by atoms with Crippen molar-refractivity contribution in [2.24, 2.45) is 5.73 Å². The number of aliphatic hydroxyl groups excluding tert-OH is 1. The summed E-state index contributed by atoms with van der Waals surface area (Å²) >= 11 is 0. The Balaban J connectivity index is 2.07. The minimum atomic E-state index is -0.833. The average Bonchev–Trinajstić information content (AvgIpc) is 2.94. The van der Waals surface area contributed by atoms with E-state index >= 15 is 0 Å². The SMILES string of the molecule is CCC(N)[C@H](O)c1nc(C2CC2)no1. The largest absolute Gasteiger partial charge is 0.382 e. The van der Waals surface area contributed by atoms with Crippen molar-refractivity contribution in [2.75, 3.05) is 0 Å². The summed E-state index contributed by atoms with van der Waals surface area (Å²) in [6, 6.07) is -0.331. The maximum absolute atomic E-state index is 9.68. The Morgan fingerprint density at radius 2 is 2.36 bits per heavy atom. The van der Waals surface area contributed by atoms with E-state index in [-0.39, 0.29) is 11.9 Å². The molecular formula is C9H15N3O2. The zero-order valence-electron chi connectivity index (χ0n) is 8.18. The molecule has 0 saturated heterocycles. The van der Waals surface area contributed by atoms with Crippen LogP contribution in [0.1, 0.15) is 49.9 Å². The Bertz CT molecular complexity index is 309. The predicted molar refractivity (Wildman–Crippen MR) is 49.5 cm³/mol. The van der Waals surface area contributed by atoms with Crippen molar-refractivity contribution in [3.8, 4) is 0 Å². The molecule has 0 aromatic carbocycles. The fourth-order valence-corrected chi connectivity index (χ4v) is 1.28. The average molecular weight is 197 g/mol. The zero-order chi connectivity index (χ0) is 10.1. The molecule has 2 atom stereocenters. The Labute approximate surface area is 82.3 Å². The van der Waals surface area contributed by atoms with Gasteiger partial charge in [-0.15, -0.1) is 0 Å². The van der Waals surface area contributed by atoms with Gasteiger partial charge in [0, 0.05) is 12.0 Å². The lowest BCUT2D eigenvalue weighted by Crippen LogP contribution is -2.27. The van der Waals surface area contributed by atoms with Gasteiger partial charge in [-0.3, -0.25) is 0 Å². The fraction of sp³-hybridized carbons (Fsp3) is 0.778. The molecule has 0 bridgehead atoms. The van der Waals surface area contributed by atoms with E-state index in [0.717, 1.165) is 12.8 Å². The van der Waals surface area contributed by atoms with Gasteiger partial charge in [0.25, 0.3) is 5.89 Å². The van der Waals surface area contributed by atoms with Crippen LogP contribution in [0.4, 0.5) is 0 Å². The second-order valence-corrected chi connectivity index (χ2v) is 3.78. The van der Waals surface area contributed by atoms with E-state index in [4.69, 9.17) is 10.3 Å². The lowest BCUT2D eigenvalue weighted by atomic mass is 10.1. The van der Waals surface area contributed by atoms with E-state index in [1.807, 2.05) is 6.92 Å². The molecule has 2 rings (SSSR count). The number of nitrogens with two attached hydrogens (primary N) is 1. The molecule has 78 valence electrons. The van der Waals surface area contributed by atoms with Gasteiger partial charge in [-0.1, -0.05) is 12.1 Å². The van der Waals surface area contributed by atoms with Crippen LogP contribution >= 0.6 is 0 Å². The molecular weight excluding hydrogens is 182 g/mol. The van der Waals surface area contributed by atoms with E-state index in [0.29, 0.717) is 18.2 Å². The summed E-state index contributed by atoms with van der Waals surface area (Å²) in [4.78, 5) is 4.13. The van der Waals surface area contributed by atoms with Crippen molar-refractivity contribution in [1.82, 2.24) is 10.1 Å². The maximum Gasteiger partial charge on any atom is 0.257 e. The fourth-order valence-electron chi connectivity index (χ4n) is 1.28. The number of nitrogens with zero attached hydrogens (tertiary/aromatic N) is 2. The summed E-state index contributed by atoms with van der Waals surface area (Å²) in [5.41, 5.74) is 5.67. The molecule has 5 heteroatoms. The van der Waals surface area contributed by atoms with Crippen LogP contribution in [-0.2, 0) is 0 Å². The molecule has 1 unspecified atom stereocenters. The first-order chi connectivity index (χ1) is 6.72. The van der Waals surface area contributed by atoms with Gasteiger partial charge in [-0.2, -0.15) is 4.98 Å². The summed E-state index contributed by atoms with van der Waals surface area (Å²) < 4.78 is 4.96. The minimum absolute atomic E-state index is 0.251. The number of aliphatic hydroxyl groups is 1. The smallest absolute Gasteiger partial charge is 0.257 e. The van der Waals surface area contributed by atoms with Crippen molar-refractivity contribution in [2.45, 2.75) is 44.2 Å². The van der Waals surface area contributed by atoms with Gasteiger partial charge in [-0.25, -0.2) is 0 Å². The molecule has 0 amide bonds. The van der Waals surface area contributed by atoms with Crippen LogP contribution < -0.4 is 5.73 Å². The Hall–Kier alpha value is -0.940. The summed E-state index contributed by atoms with van der Waals surface area (Å²) in [5.74, 6) is 1.40. The van der Waals surface area contributed by atoms with Gasteiger partial charge < -0.3 is 15.4 Å². The molecule has 1 fully saturated rings. The number of hydrogen-bond acceptors (Lipinski definition) is 5. The quantitative estimate of drug-likeness (QED) is 0.742. The van der Waals surface area contributed by atoms with E-state index in [9.17, 15) is 5.11 Å². The molecule has 1 aromatic rings. The predicted octanol–water partition coefficient (Wildman–Crippen LogP) is 0.718. The summed E-state index contributed by atoms with van der Waals surface area (Å²) in [6.07, 6.45) is 2.09. The van der Waals surface area contributed by atoms with Gasteiger partial charge in [0.1, 0.15) is 6.10 Å². The summed E-state index contributed by atoms with van der Waals surface area (Å²) in [6.45, 7) is 1.91. The normalized spacial score (nSPS) is 20.8. The Kier molecular flexibility index (Phi) is 2.52. The highest BCUT2D eigenvalue weighted by Gasteiger charge is 2.30.